The number of carbonyl (C=O) groups is 1. The van der Waals surface area contributed by atoms with E-state index in [-0.39, 0.29) is 11.6 Å². The Morgan fingerprint density at radius 1 is 1.04 bits per heavy atom. The Kier molecular flexibility index (Phi) is 4.70. The Morgan fingerprint density at radius 3 is 2.44 bits per heavy atom. The Bertz CT molecular complexity index is 969. The van der Waals surface area contributed by atoms with Gasteiger partial charge < -0.3 is 9.88 Å². The number of aromatic amines is 1. The number of benzene rings is 2. The maximum Gasteiger partial charge on any atom is 0.179 e. The first-order chi connectivity index (χ1) is 13.0. The van der Waals surface area contributed by atoms with Crippen LogP contribution in [0.25, 0.3) is 10.9 Å². The van der Waals surface area contributed by atoms with Gasteiger partial charge in [0.1, 0.15) is 5.82 Å². The normalized spacial score (nSPS) is 15.4. The minimum Gasteiger partial charge on any atom is -0.369 e. The lowest BCUT2D eigenvalue weighted by Gasteiger charge is -2.35. The first-order valence-corrected chi connectivity index (χ1v) is 9.36. The summed E-state index contributed by atoms with van der Waals surface area (Å²) in [5.74, 6) is -0.0508. The van der Waals surface area contributed by atoms with Gasteiger partial charge in [0.05, 0.1) is 6.54 Å². The van der Waals surface area contributed by atoms with Crippen LogP contribution in [0.5, 0.6) is 0 Å². The van der Waals surface area contributed by atoms with Gasteiger partial charge in [-0.1, -0.05) is 12.1 Å². The minimum absolute atomic E-state index is 0.165. The molecule has 27 heavy (non-hydrogen) atoms. The van der Waals surface area contributed by atoms with E-state index in [4.69, 9.17) is 0 Å². The van der Waals surface area contributed by atoms with Crippen molar-refractivity contribution in [3.05, 3.63) is 65.1 Å². The topological polar surface area (TPSA) is 39.3 Å². The van der Waals surface area contributed by atoms with E-state index in [1.165, 1.54) is 17.7 Å². The Morgan fingerprint density at radius 2 is 1.74 bits per heavy atom. The molecule has 0 unspecified atom stereocenters. The number of aryl methyl sites for hydroxylation is 2. The minimum atomic E-state index is -0.215. The molecule has 1 N–H and O–H groups in total. The second-order valence-electron chi connectivity index (χ2n) is 7.34. The van der Waals surface area contributed by atoms with E-state index in [0.717, 1.165) is 54.0 Å². The third-order valence-electron chi connectivity index (χ3n) is 5.35. The molecule has 3 aromatic rings. The molecule has 4 nitrogen and oxygen atoms in total. The highest BCUT2D eigenvalue weighted by molar-refractivity contribution is 6.10. The maximum absolute atomic E-state index is 13.1. The largest absolute Gasteiger partial charge is 0.369 e. The number of nitrogens with one attached hydrogen (secondary N) is 1. The summed E-state index contributed by atoms with van der Waals surface area (Å²) < 4.78 is 13.1. The number of nitrogens with zero attached hydrogens (tertiary/aromatic N) is 2. The molecule has 1 fully saturated rings. The molecule has 0 aliphatic carbocycles. The number of rotatable bonds is 4. The summed E-state index contributed by atoms with van der Waals surface area (Å²) in [5.41, 5.74) is 4.98. The van der Waals surface area contributed by atoms with Gasteiger partial charge in [-0.3, -0.25) is 9.69 Å². The van der Waals surface area contributed by atoms with Crippen LogP contribution in [0.3, 0.4) is 0 Å². The number of piperazine rings is 1. The quantitative estimate of drug-likeness (QED) is 0.712. The lowest BCUT2D eigenvalue weighted by atomic mass is 10.0. The molecule has 1 aliphatic heterocycles. The number of ketones is 1. The number of hydrogen-bond acceptors (Lipinski definition) is 3. The first-order valence-electron chi connectivity index (χ1n) is 9.36. The molecule has 5 heteroatoms. The zero-order valence-corrected chi connectivity index (χ0v) is 15.8. The van der Waals surface area contributed by atoms with Gasteiger partial charge in [-0.15, -0.1) is 0 Å². The fourth-order valence-electron chi connectivity index (χ4n) is 3.90. The summed E-state index contributed by atoms with van der Waals surface area (Å²) in [6.07, 6.45) is 0. The summed E-state index contributed by atoms with van der Waals surface area (Å²) in [4.78, 5) is 20.7. The molecular formula is C22H24FN3O. The fourth-order valence-corrected chi connectivity index (χ4v) is 3.90. The van der Waals surface area contributed by atoms with Crippen molar-refractivity contribution < 1.29 is 9.18 Å². The Labute approximate surface area is 158 Å². The van der Waals surface area contributed by atoms with Crippen molar-refractivity contribution >= 4 is 22.4 Å². The Balaban J connectivity index is 1.43. The molecule has 1 aliphatic rings. The third kappa shape index (κ3) is 3.60. The van der Waals surface area contributed by atoms with Gasteiger partial charge in [0.15, 0.2) is 5.78 Å². The van der Waals surface area contributed by atoms with Gasteiger partial charge in [0, 0.05) is 54.0 Å². The monoisotopic (exact) mass is 365 g/mol. The van der Waals surface area contributed by atoms with Crippen LogP contribution in [0.15, 0.2) is 42.5 Å². The van der Waals surface area contributed by atoms with Gasteiger partial charge in [-0.2, -0.15) is 0 Å². The number of carbonyl (C=O) groups excluding carboxylic acids is 1. The van der Waals surface area contributed by atoms with Crippen molar-refractivity contribution in [2.75, 3.05) is 37.6 Å². The third-order valence-corrected chi connectivity index (χ3v) is 5.35. The molecule has 1 aromatic heterocycles. The molecule has 0 amide bonds. The highest BCUT2D eigenvalue weighted by Crippen LogP contribution is 2.24. The standard InChI is InChI=1S/C22H24FN3O/c1-15-3-8-19-20(13-15)24-16(2)22(19)21(27)14-25-9-11-26(12-10-25)18-6-4-17(23)5-7-18/h3-8,13,24H,9-12,14H2,1-2H3. The molecule has 0 bridgehead atoms. The molecule has 2 aromatic carbocycles. The zero-order chi connectivity index (χ0) is 19.0. The van der Waals surface area contributed by atoms with Crippen molar-refractivity contribution in [1.82, 2.24) is 9.88 Å². The number of hydrogen-bond donors (Lipinski definition) is 1. The van der Waals surface area contributed by atoms with Crippen LogP contribution in [0.2, 0.25) is 0 Å². The number of H-pyrrole nitrogens is 1. The van der Waals surface area contributed by atoms with E-state index in [2.05, 4.69) is 27.8 Å². The van der Waals surface area contributed by atoms with Crippen LogP contribution in [-0.4, -0.2) is 48.4 Å². The lowest BCUT2D eigenvalue weighted by Crippen LogP contribution is -2.48. The van der Waals surface area contributed by atoms with E-state index < -0.39 is 0 Å². The van der Waals surface area contributed by atoms with Crippen LogP contribution in [-0.2, 0) is 0 Å². The lowest BCUT2D eigenvalue weighted by molar-refractivity contribution is 0.0927. The highest BCUT2D eigenvalue weighted by atomic mass is 19.1. The van der Waals surface area contributed by atoms with Crippen LogP contribution in [0, 0.1) is 19.7 Å². The summed E-state index contributed by atoms with van der Waals surface area (Å²) in [7, 11) is 0. The van der Waals surface area contributed by atoms with Gasteiger partial charge in [-0.25, -0.2) is 4.39 Å². The van der Waals surface area contributed by atoms with Crippen molar-refractivity contribution in [2.45, 2.75) is 13.8 Å². The summed E-state index contributed by atoms with van der Waals surface area (Å²) >= 11 is 0. The first kappa shape index (κ1) is 17.7. The second-order valence-corrected chi connectivity index (χ2v) is 7.34. The number of aromatic nitrogens is 1. The van der Waals surface area contributed by atoms with E-state index in [0.29, 0.717) is 6.54 Å². The number of Topliss-reactive ketones (excluding diaryl/α,β-unsaturated/α-hetero) is 1. The molecule has 1 saturated heterocycles. The predicted molar refractivity (Wildman–Crippen MR) is 107 cm³/mol. The van der Waals surface area contributed by atoms with E-state index in [1.54, 1.807) is 0 Å². The Hall–Kier alpha value is -2.66. The average Bonchev–Trinajstić information content (AvgIpc) is 2.98. The zero-order valence-electron chi connectivity index (χ0n) is 15.8. The van der Waals surface area contributed by atoms with Crippen LogP contribution >= 0.6 is 0 Å². The van der Waals surface area contributed by atoms with Crippen LogP contribution in [0.4, 0.5) is 10.1 Å². The molecular weight excluding hydrogens is 341 g/mol. The molecule has 0 spiro atoms. The SMILES string of the molecule is Cc1ccc2c(C(=O)CN3CCN(c4ccc(F)cc4)CC3)c(C)[nH]c2c1. The van der Waals surface area contributed by atoms with E-state index in [9.17, 15) is 9.18 Å². The number of halogens is 1. The highest BCUT2D eigenvalue weighted by Gasteiger charge is 2.22. The number of fused-ring (bicyclic) bond motifs is 1. The van der Waals surface area contributed by atoms with E-state index in [1.807, 2.05) is 31.2 Å². The number of anilines is 1. The van der Waals surface area contributed by atoms with E-state index >= 15 is 0 Å². The van der Waals surface area contributed by atoms with Crippen molar-refractivity contribution in [2.24, 2.45) is 0 Å². The molecule has 0 saturated carbocycles. The summed E-state index contributed by atoms with van der Waals surface area (Å²) in [6, 6.07) is 12.8. The van der Waals surface area contributed by atoms with Gasteiger partial charge >= 0.3 is 0 Å². The van der Waals surface area contributed by atoms with Gasteiger partial charge in [-0.05, 0) is 49.7 Å². The summed E-state index contributed by atoms with van der Waals surface area (Å²) in [6.45, 7) is 7.77. The van der Waals surface area contributed by atoms with Crippen molar-refractivity contribution in [3.8, 4) is 0 Å². The molecule has 140 valence electrons. The molecule has 2 heterocycles. The predicted octanol–water partition coefficient (Wildman–Crippen LogP) is 3.93. The fraction of sp³-hybridized carbons (Fsp3) is 0.318. The van der Waals surface area contributed by atoms with Crippen LogP contribution < -0.4 is 4.90 Å². The average molecular weight is 365 g/mol. The molecule has 0 atom stereocenters. The molecule has 0 radical (unpaired) electrons. The smallest absolute Gasteiger partial charge is 0.179 e. The van der Waals surface area contributed by atoms with Gasteiger partial charge in [0.2, 0.25) is 0 Å². The molecule has 4 rings (SSSR count). The second kappa shape index (κ2) is 7.16. The maximum atomic E-state index is 13.1. The van der Waals surface area contributed by atoms with Crippen LogP contribution in [0.1, 0.15) is 21.6 Å². The van der Waals surface area contributed by atoms with Crippen molar-refractivity contribution in [3.63, 3.8) is 0 Å². The summed E-state index contributed by atoms with van der Waals surface area (Å²) in [5, 5.41) is 1.01. The van der Waals surface area contributed by atoms with Gasteiger partial charge in [0.25, 0.3) is 0 Å². The van der Waals surface area contributed by atoms with Crippen molar-refractivity contribution in [1.29, 1.82) is 0 Å².